The third-order valence-electron chi connectivity index (χ3n) is 2.22. The molecule has 2 heteroatoms. The minimum absolute atomic E-state index is 1.07. The van der Waals surface area contributed by atoms with E-state index in [2.05, 4.69) is 44.3 Å². The fourth-order valence-corrected chi connectivity index (χ4v) is 2.50. The quantitative estimate of drug-likeness (QED) is 0.744. The van der Waals surface area contributed by atoms with Gasteiger partial charge in [-0.2, -0.15) is 11.8 Å². The third kappa shape index (κ3) is 5.24. The maximum absolute atomic E-state index is 3.34. The van der Waals surface area contributed by atoms with Gasteiger partial charge in [0.1, 0.15) is 0 Å². The molecule has 0 spiro atoms. The summed E-state index contributed by atoms with van der Waals surface area (Å²) in [5.74, 6) is 2.33. The second-order valence-electron chi connectivity index (χ2n) is 3.90. The lowest BCUT2D eigenvalue weighted by molar-refractivity contribution is 0.768. The Morgan fingerprint density at radius 2 is 1.80 bits per heavy atom. The van der Waals surface area contributed by atoms with E-state index in [4.69, 9.17) is 0 Å². The molecule has 0 aliphatic heterocycles. The van der Waals surface area contributed by atoms with Crippen LogP contribution >= 0.6 is 11.8 Å². The van der Waals surface area contributed by atoms with Gasteiger partial charge in [0.25, 0.3) is 0 Å². The van der Waals surface area contributed by atoms with E-state index in [0.717, 1.165) is 18.8 Å². The van der Waals surface area contributed by atoms with Crippen LogP contribution in [0.3, 0.4) is 0 Å². The first-order valence-corrected chi connectivity index (χ1v) is 6.73. The molecule has 0 radical (unpaired) electrons. The number of hydrogen-bond acceptors (Lipinski definition) is 2. The zero-order valence-electron chi connectivity index (χ0n) is 9.97. The molecule has 0 aromatic heterocycles. The SMILES string of the molecule is CCNCCSCc1cc(C)cc(C)c1. The van der Waals surface area contributed by atoms with Gasteiger partial charge in [0.05, 0.1) is 0 Å². The summed E-state index contributed by atoms with van der Waals surface area (Å²) < 4.78 is 0. The summed E-state index contributed by atoms with van der Waals surface area (Å²) in [6, 6.07) is 6.80. The van der Waals surface area contributed by atoms with Crippen molar-refractivity contribution < 1.29 is 0 Å². The molecule has 15 heavy (non-hydrogen) atoms. The summed E-state index contributed by atoms with van der Waals surface area (Å²) in [6.07, 6.45) is 0. The van der Waals surface area contributed by atoms with Crippen molar-refractivity contribution in [1.82, 2.24) is 5.32 Å². The van der Waals surface area contributed by atoms with Gasteiger partial charge in [-0.1, -0.05) is 36.2 Å². The molecule has 0 atom stereocenters. The fraction of sp³-hybridized carbons (Fsp3) is 0.538. The van der Waals surface area contributed by atoms with E-state index in [1.165, 1.54) is 22.4 Å². The highest BCUT2D eigenvalue weighted by molar-refractivity contribution is 7.98. The van der Waals surface area contributed by atoms with E-state index in [1.54, 1.807) is 0 Å². The van der Waals surface area contributed by atoms with Crippen LogP contribution in [0.4, 0.5) is 0 Å². The predicted molar refractivity (Wildman–Crippen MR) is 70.6 cm³/mol. The Hall–Kier alpha value is -0.470. The van der Waals surface area contributed by atoms with Crippen molar-refractivity contribution in [2.24, 2.45) is 0 Å². The van der Waals surface area contributed by atoms with Crippen molar-refractivity contribution in [3.05, 3.63) is 34.9 Å². The van der Waals surface area contributed by atoms with Crippen molar-refractivity contribution in [3.63, 3.8) is 0 Å². The second kappa shape index (κ2) is 6.91. The van der Waals surface area contributed by atoms with Crippen molar-refractivity contribution in [3.8, 4) is 0 Å². The molecule has 1 aromatic carbocycles. The van der Waals surface area contributed by atoms with Gasteiger partial charge in [-0.05, 0) is 26.0 Å². The zero-order valence-corrected chi connectivity index (χ0v) is 10.8. The molecule has 0 aliphatic carbocycles. The minimum atomic E-state index is 1.07. The first kappa shape index (κ1) is 12.6. The highest BCUT2D eigenvalue weighted by Gasteiger charge is 1.96. The number of rotatable bonds is 6. The van der Waals surface area contributed by atoms with Gasteiger partial charge >= 0.3 is 0 Å². The molecule has 1 aromatic rings. The average Bonchev–Trinajstić information content (AvgIpc) is 2.16. The summed E-state index contributed by atoms with van der Waals surface area (Å²) in [4.78, 5) is 0. The molecule has 1 N–H and O–H groups in total. The molecule has 0 amide bonds. The van der Waals surface area contributed by atoms with Crippen molar-refractivity contribution in [2.75, 3.05) is 18.8 Å². The molecule has 84 valence electrons. The molecule has 0 saturated heterocycles. The Balaban J connectivity index is 2.31. The topological polar surface area (TPSA) is 12.0 Å². The zero-order chi connectivity index (χ0) is 11.1. The molecule has 0 saturated carbocycles. The fourth-order valence-electron chi connectivity index (χ4n) is 1.66. The molecular weight excluding hydrogens is 202 g/mol. The molecule has 0 unspecified atom stereocenters. The van der Waals surface area contributed by atoms with Gasteiger partial charge in [0, 0.05) is 18.1 Å². The molecular formula is C13H21NS. The maximum Gasteiger partial charge on any atom is 0.0185 e. The van der Waals surface area contributed by atoms with Crippen LogP contribution < -0.4 is 5.32 Å². The van der Waals surface area contributed by atoms with Crippen LogP contribution in [0.5, 0.6) is 0 Å². The lowest BCUT2D eigenvalue weighted by Gasteiger charge is -2.05. The van der Waals surface area contributed by atoms with Crippen LogP contribution in [0.2, 0.25) is 0 Å². The van der Waals surface area contributed by atoms with Gasteiger partial charge in [0.15, 0.2) is 0 Å². The van der Waals surface area contributed by atoms with Crippen LogP contribution in [0.25, 0.3) is 0 Å². The minimum Gasteiger partial charge on any atom is -0.316 e. The number of benzene rings is 1. The molecule has 1 rings (SSSR count). The Labute approximate surface area is 97.7 Å². The standard InChI is InChI=1S/C13H21NS/c1-4-14-5-6-15-10-13-8-11(2)7-12(3)9-13/h7-9,14H,4-6,10H2,1-3H3. The summed E-state index contributed by atoms with van der Waals surface area (Å²) >= 11 is 2.00. The number of hydrogen-bond donors (Lipinski definition) is 1. The van der Waals surface area contributed by atoms with Gasteiger partial charge in [-0.15, -0.1) is 0 Å². The Kier molecular flexibility index (Phi) is 5.81. The first-order valence-electron chi connectivity index (χ1n) is 5.58. The van der Waals surface area contributed by atoms with Crippen LogP contribution in [0, 0.1) is 13.8 Å². The van der Waals surface area contributed by atoms with E-state index >= 15 is 0 Å². The third-order valence-corrected chi connectivity index (χ3v) is 3.25. The van der Waals surface area contributed by atoms with Gasteiger partial charge in [-0.3, -0.25) is 0 Å². The smallest absolute Gasteiger partial charge is 0.0185 e. The van der Waals surface area contributed by atoms with Crippen LogP contribution in [0.15, 0.2) is 18.2 Å². The van der Waals surface area contributed by atoms with Crippen LogP contribution in [0.1, 0.15) is 23.6 Å². The molecule has 0 fully saturated rings. The van der Waals surface area contributed by atoms with Crippen LogP contribution in [-0.2, 0) is 5.75 Å². The number of thioether (sulfide) groups is 1. The highest BCUT2D eigenvalue weighted by Crippen LogP contribution is 2.15. The lowest BCUT2D eigenvalue weighted by atomic mass is 10.1. The predicted octanol–water partition coefficient (Wildman–Crippen LogP) is 3.15. The first-order chi connectivity index (χ1) is 7.22. The largest absolute Gasteiger partial charge is 0.316 e. The molecule has 0 bridgehead atoms. The van der Waals surface area contributed by atoms with Gasteiger partial charge in [-0.25, -0.2) is 0 Å². The van der Waals surface area contributed by atoms with E-state index in [1.807, 2.05) is 11.8 Å². The lowest BCUT2D eigenvalue weighted by Crippen LogP contribution is -2.15. The van der Waals surface area contributed by atoms with E-state index < -0.39 is 0 Å². The Bertz CT molecular complexity index is 276. The normalized spacial score (nSPS) is 10.6. The van der Waals surface area contributed by atoms with E-state index in [9.17, 15) is 0 Å². The summed E-state index contributed by atoms with van der Waals surface area (Å²) in [7, 11) is 0. The van der Waals surface area contributed by atoms with Crippen molar-refractivity contribution >= 4 is 11.8 Å². The number of nitrogens with one attached hydrogen (secondary N) is 1. The van der Waals surface area contributed by atoms with Crippen molar-refractivity contribution in [1.29, 1.82) is 0 Å². The summed E-state index contributed by atoms with van der Waals surface area (Å²) in [6.45, 7) is 8.67. The Morgan fingerprint density at radius 1 is 1.13 bits per heavy atom. The second-order valence-corrected chi connectivity index (χ2v) is 5.01. The highest BCUT2D eigenvalue weighted by atomic mass is 32.2. The van der Waals surface area contributed by atoms with Crippen molar-refractivity contribution in [2.45, 2.75) is 26.5 Å². The van der Waals surface area contributed by atoms with Gasteiger partial charge < -0.3 is 5.32 Å². The Morgan fingerprint density at radius 3 is 2.40 bits per heavy atom. The summed E-state index contributed by atoms with van der Waals surface area (Å²) in [5.41, 5.74) is 4.20. The van der Waals surface area contributed by atoms with E-state index in [-0.39, 0.29) is 0 Å². The molecule has 1 nitrogen and oxygen atoms in total. The van der Waals surface area contributed by atoms with Crippen LogP contribution in [-0.4, -0.2) is 18.8 Å². The number of aryl methyl sites for hydroxylation is 2. The molecule has 0 heterocycles. The summed E-state index contributed by atoms with van der Waals surface area (Å²) in [5, 5.41) is 3.34. The van der Waals surface area contributed by atoms with Gasteiger partial charge in [0.2, 0.25) is 0 Å². The average molecular weight is 223 g/mol. The maximum atomic E-state index is 3.34. The monoisotopic (exact) mass is 223 g/mol. The molecule has 0 aliphatic rings. The van der Waals surface area contributed by atoms with E-state index in [0.29, 0.717) is 0 Å².